The molecule has 20 heavy (non-hydrogen) atoms. The zero-order valence-corrected chi connectivity index (χ0v) is 11.7. The number of aromatic nitrogens is 1. The zero-order chi connectivity index (χ0) is 14.4. The first-order chi connectivity index (χ1) is 9.69. The number of carbonyl (C=O) groups is 1. The van der Waals surface area contributed by atoms with Crippen molar-refractivity contribution >= 4 is 11.7 Å². The number of amides is 1. The molecule has 0 bridgehead atoms. The van der Waals surface area contributed by atoms with Crippen LogP contribution in [0.4, 0.5) is 5.82 Å². The fourth-order valence-electron chi connectivity index (χ4n) is 2.45. The molecule has 0 radical (unpaired) electrons. The van der Waals surface area contributed by atoms with Gasteiger partial charge < -0.3 is 10.4 Å². The van der Waals surface area contributed by atoms with Crippen LogP contribution in [0.15, 0.2) is 18.2 Å². The van der Waals surface area contributed by atoms with Crippen LogP contribution in [0.2, 0.25) is 0 Å². The van der Waals surface area contributed by atoms with Gasteiger partial charge in [0.1, 0.15) is 18.1 Å². The lowest BCUT2D eigenvalue weighted by Crippen LogP contribution is -2.27. The van der Waals surface area contributed by atoms with Crippen LogP contribution in [-0.2, 0) is 4.79 Å². The molecule has 1 amide bonds. The molecule has 2 rings (SSSR count). The largest absolute Gasteiger partial charge is 0.384 e. The van der Waals surface area contributed by atoms with E-state index in [0.29, 0.717) is 11.5 Å². The molecule has 1 saturated carbocycles. The van der Waals surface area contributed by atoms with Crippen molar-refractivity contribution in [2.45, 2.75) is 32.6 Å². The minimum absolute atomic E-state index is 0.0525. The molecule has 4 heteroatoms. The second-order valence-electron chi connectivity index (χ2n) is 5.31. The number of aliphatic hydroxyl groups excluding tert-OH is 1. The van der Waals surface area contributed by atoms with Crippen molar-refractivity contribution < 1.29 is 9.90 Å². The maximum Gasteiger partial charge on any atom is 0.228 e. The highest BCUT2D eigenvalue weighted by Gasteiger charge is 2.24. The Morgan fingerprint density at radius 1 is 1.40 bits per heavy atom. The van der Waals surface area contributed by atoms with Crippen molar-refractivity contribution in [1.29, 1.82) is 0 Å². The Kier molecular flexibility index (Phi) is 5.14. The number of nitrogens with zero attached hydrogens (tertiary/aromatic N) is 1. The third-order valence-electron chi connectivity index (χ3n) is 3.68. The van der Waals surface area contributed by atoms with E-state index in [2.05, 4.69) is 29.1 Å². The van der Waals surface area contributed by atoms with E-state index >= 15 is 0 Å². The SMILES string of the molecule is CC1CCC(C(=O)Nc2cccc(C#CCO)n2)CC1. The van der Waals surface area contributed by atoms with Gasteiger partial charge >= 0.3 is 0 Å². The summed E-state index contributed by atoms with van der Waals surface area (Å²) in [4.78, 5) is 16.4. The number of rotatable bonds is 2. The topological polar surface area (TPSA) is 62.2 Å². The lowest BCUT2D eigenvalue weighted by molar-refractivity contribution is -0.121. The van der Waals surface area contributed by atoms with Crippen LogP contribution in [0, 0.1) is 23.7 Å². The first-order valence-electron chi connectivity index (χ1n) is 7.06. The van der Waals surface area contributed by atoms with Crippen LogP contribution in [-0.4, -0.2) is 22.6 Å². The van der Waals surface area contributed by atoms with E-state index in [1.807, 2.05) is 0 Å². The van der Waals surface area contributed by atoms with Crippen LogP contribution < -0.4 is 5.32 Å². The summed E-state index contributed by atoms with van der Waals surface area (Å²) in [5.41, 5.74) is 0.550. The van der Waals surface area contributed by atoms with Gasteiger partial charge in [-0.25, -0.2) is 4.98 Å². The summed E-state index contributed by atoms with van der Waals surface area (Å²) >= 11 is 0. The fraction of sp³-hybridized carbons (Fsp3) is 0.500. The van der Waals surface area contributed by atoms with Gasteiger partial charge in [-0.2, -0.15) is 0 Å². The van der Waals surface area contributed by atoms with Gasteiger partial charge in [-0.05, 0) is 49.7 Å². The molecule has 1 aliphatic rings. The van der Waals surface area contributed by atoms with Crippen LogP contribution in [0.1, 0.15) is 38.3 Å². The number of carbonyl (C=O) groups excluding carboxylic acids is 1. The summed E-state index contributed by atoms with van der Waals surface area (Å²) in [5, 5.41) is 11.5. The highest BCUT2D eigenvalue weighted by atomic mass is 16.2. The minimum Gasteiger partial charge on any atom is -0.384 e. The molecule has 0 atom stereocenters. The lowest BCUT2D eigenvalue weighted by atomic mass is 9.82. The molecule has 1 aromatic rings. The van der Waals surface area contributed by atoms with Crippen LogP contribution in [0.3, 0.4) is 0 Å². The Bertz CT molecular complexity index is 523. The molecule has 1 aliphatic carbocycles. The Labute approximate surface area is 119 Å². The van der Waals surface area contributed by atoms with Gasteiger partial charge in [0.05, 0.1) is 0 Å². The van der Waals surface area contributed by atoms with Gasteiger partial charge in [-0.15, -0.1) is 0 Å². The standard InChI is InChI=1S/C16H20N2O2/c1-12-7-9-13(10-8-12)16(20)18-15-6-2-4-14(17-15)5-3-11-19/h2,4,6,12-13,19H,7-11H2,1H3,(H,17,18,20). The highest BCUT2D eigenvalue weighted by Crippen LogP contribution is 2.28. The zero-order valence-electron chi connectivity index (χ0n) is 11.7. The average Bonchev–Trinajstić information content (AvgIpc) is 2.46. The molecule has 0 aromatic carbocycles. The van der Waals surface area contributed by atoms with Gasteiger partial charge in [0, 0.05) is 5.92 Å². The van der Waals surface area contributed by atoms with E-state index in [1.165, 1.54) is 0 Å². The van der Waals surface area contributed by atoms with Crippen molar-refractivity contribution in [2.24, 2.45) is 11.8 Å². The molecule has 1 fully saturated rings. The minimum atomic E-state index is -0.196. The van der Waals surface area contributed by atoms with Crippen molar-refractivity contribution in [3.05, 3.63) is 23.9 Å². The second kappa shape index (κ2) is 7.06. The van der Waals surface area contributed by atoms with E-state index in [-0.39, 0.29) is 18.4 Å². The molecule has 0 unspecified atom stereocenters. The summed E-state index contributed by atoms with van der Waals surface area (Å²) < 4.78 is 0. The van der Waals surface area contributed by atoms with Crippen molar-refractivity contribution in [2.75, 3.05) is 11.9 Å². The number of hydrogen-bond acceptors (Lipinski definition) is 3. The fourth-order valence-corrected chi connectivity index (χ4v) is 2.45. The Morgan fingerprint density at radius 3 is 2.85 bits per heavy atom. The number of nitrogens with one attached hydrogen (secondary N) is 1. The smallest absolute Gasteiger partial charge is 0.228 e. The van der Waals surface area contributed by atoms with Gasteiger partial charge in [-0.1, -0.05) is 18.9 Å². The quantitative estimate of drug-likeness (QED) is 0.811. The first kappa shape index (κ1) is 14.5. The Balaban J connectivity index is 1.97. The number of aliphatic hydroxyl groups is 1. The van der Waals surface area contributed by atoms with E-state index in [4.69, 9.17) is 5.11 Å². The van der Waals surface area contributed by atoms with Gasteiger partial charge in [0.15, 0.2) is 0 Å². The van der Waals surface area contributed by atoms with Crippen molar-refractivity contribution in [1.82, 2.24) is 4.98 Å². The maximum absolute atomic E-state index is 12.2. The summed E-state index contributed by atoms with van der Waals surface area (Å²) in [5.74, 6) is 6.68. The third-order valence-corrected chi connectivity index (χ3v) is 3.68. The van der Waals surface area contributed by atoms with E-state index in [0.717, 1.165) is 31.6 Å². The molecule has 2 N–H and O–H groups in total. The number of anilines is 1. The first-order valence-corrected chi connectivity index (χ1v) is 7.06. The van der Waals surface area contributed by atoms with Crippen LogP contribution in [0.5, 0.6) is 0 Å². The molecule has 0 aliphatic heterocycles. The molecule has 0 saturated heterocycles. The normalized spacial score (nSPS) is 21.7. The molecule has 1 heterocycles. The van der Waals surface area contributed by atoms with E-state index in [9.17, 15) is 4.79 Å². The molecule has 106 valence electrons. The maximum atomic E-state index is 12.2. The predicted octanol–water partition coefficient (Wildman–Crippen LogP) is 2.19. The van der Waals surface area contributed by atoms with Crippen LogP contribution in [0.25, 0.3) is 0 Å². The van der Waals surface area contributed by atoms with Gasteiger partial charge in [0.25, 0.3) is 0 Å². The van der Waals surface area contributed by atoms with Crippen molar-refractivity contribution in [3.8, 4) is 11.8 Å². The molecule has 1 aromatic heterocycles. The molecular weight excluding hydrogens is 252 g/mol. The number of pyridine rings is 1. The Morgan fingerprint density at radius 2 is 2.15 bits per heavy atom. The monoisotopic (exact) mass is 272 g/mol. The van der Waals surface area contributed by atoms with Crippen LogP contribution >= 0.6 is 0 Å². The van der Waals surface area contributed by atoms with Gasteiger partial charge in [-0.3, -0.25) is 4.79 Å². The third kappa shape index (κ3) is 4.07. The summed E-state index contributed by atoms with van der Waals surface area (Å²) in [7, 11) is 0. The van der Waals surface area contributed by atoms with E-state index in [1.54, 1.807) is 18.2 Å². The molecule has 0 spiro atoms. The summed E-state index contributed by atoms with van der Waals surface area (Å²) in [6.45, 7) is 2.04. The number of hydrogen-bond donors (Lipinski definition) is 2. The lowest BCUT2D eigenvalue weighted by Gasteiger charge is -2.25. The second-order valence-corrected chi connectivity index (χ2v) is 5.31. The summed E-state index contributed by atoms with van der Waals surface area (Å²) in [6.07, 6.45) is 4.15. The van der Waals surface area contributed by atoms with Gasteiger partial charge in [0.2, 0.25) is 5.91 Å². The van der Waals surface area contributed by atoms with Crippen molar-refractivity contribution in [3.63, 3.8) is 0 Å². The predicted molar refractivity (Wildman–Crippen MR) is 78.0 cm³/mol. The highest BCUT2D eigenvalue weighted by molar-refractivity contribution is 5.91. The molecular formula is C16H20N2O2. The average molecular weight is 272 g/mol. The molecule has 4 nitrogen and oxygen atoms in total. The summed E-state index contributed by atoms with van der Waals surface area (Å²) in [6, 6.07) is 5.31. The Hall–Kier alpha value is -1.86. The van der Waals surface area contributed by atoms with E-state index < -0.39 is 0 Å².